The maximum atomic E-state index is 12.2. The lowest BCUT2D eigenvalue weighted by Crippen LogP contribution is -2.42. The molecule has 0 bridgehead atoms. The van der Waals surface area contributed by atoms with Crippen LogP contribution in [-0.2, 0) is 14.3 Å². The van der Waals surface area contributed by atoms with Gasteiger partial charge in [0.2, 0.25) is 5.91 Å². The number of nitrogens with one attached hydrogen (secondary N) is 2. The van der Waals surface area contributed by atoms with Gasteiger partial charge in [-0.25, -0.2) is 9.59 Å². The van der Waals surface area contributed by atoms with E-state index < -0.39 is 18.1 Å². The highest BCUT2D eigenvalue weighted by Crippen LogP contribution is 2.44. The monoisotopic (exact) mass is 408 g/mol. The lowest BCUT2D eigenvalue weighted by atomic mass is 9.98. The third kappa shape index (κ3) is 4.86. The van der Waals surface area contributed by atoms with E-state index in [2.05, 4.69) is 17.2 Å². The van der Waals surface area contributed by atoms with Crippen molar-refractivity contribution in [1.82, 2.24) is 10.6 Å². The molecule has 2 aromatic carbocycles. The first-order valence-electron chi connectivity index (χ1n) is 9.73. The largest absolute Gasteiger partial charge is 0.480 e. The van der Waals surface area contributed by atoms with Crippen LogP contribution in [0.5, 0.6) is 0 Å². The van der Waals surface area contributed by atoms with E-state index in [1.165, 1.54) is 6.08 Å². The first-order valence-corrected chi connectivity index (χ1v) is 9.73. The highest BCUT2D eigenvalue weighted by atomic mass is 16.5. The Morgan fingerprint density at radius 1 is 1.07 bits per heavy atom. The molecule has 1 atom stereocenters. The molecule has 7 heteroatoms. The zero-order valence-corrected chi connectivity index (χ0v) is 16.5. The van der Waals surface area contributed by atoms with Gasteiger partial charge in [0.15, 0.2) is 0 Å². The van der Waals surface area contributed by atoms with Crippen LogP contribution < -0.4 is 10.6 Å². The number of ether oxygens (including phenoxy) is 1. The second-order valence-electron chi connectivity index (χ2n) is 6.99. The van der Waals surface area contributed by atoms with E-state index >= 15 is 0 Å². The summed E-state index contributed by atoms with van der Waals surface area (Å²) in [6, 6.07) is 14.7. The molecule has 0 heterocycles. The molecule has 0 saturated carbocycles. The zero-order valence-electron chi connectivity index (χ0n) is 16.5. The number of rotatable bonds is 9. The molecule has 0 fully saturated rings. The molecule has 0 aromatic heterocycles. The second kappa shape index (κ2) is 9.73. The van der Waals surface area contributed by atoms with Gasteiger partial charge in [0.05, 0.1) is 0 Å². The van der Waals surface area contributed by atoms with E-state index in [-0.39, 0.29) is 31.3 Å². The molecule has 156 valence electrons. The molecule has 7 nitrogen and oxygen atoms in total. The summed E-state index contributed by atoms with van der Waals surface area (Å²) in [4.78, 5) is 35.3. The predicted octanol–water partition coefficient (Wildman–Crippen LogP) is 3.06. The van der Waals surface area contributed by atoms with Crippen LogP contribution in [0.15, 0.2) is 61.2 Å². The third-order valence-electron chi connectivity index (χ3n) is 5.04. The summed E-state index contributed by atoms with van der Waals surface area (Å²) < 4.78 is 5.36. The number of hydrogen-bond acceptors (Lipinski definition) is 4. The minimum Gasteiger partial charge on any atom is -0.480 e. The molecule has 1 aliphatic carbocycles. The van der Waals surface area contributed by atoms with Gasteiger partial charge in [-0.05, 0) is 28.7 Å². The number of hydrogen-bond donors (Lipinski definition) is 3. The van der Waals surface area contributed by atoms with Gasteiger partial charge in [-0.15, -0.1) is 6.58 Å². The van der Waals surface area contributed by atoms with E-state index in [1.807, 2.05) is 48.5 Å². The van der Waals surface area contributed by atoms with Gasteiger partial charge in [-0.1, -0.05) is 54.6 Å². The van der Waals surface area contributed by atoms with Crippen LogP contribution in [-0.4, -0.2) is 42.3 Å². The SMILES string of the molecule is C=CCNC(=O)CC[C@H](NC(=O)OCC1c2ccccc2-c2ccccc21)C(=O)O. The number of alkyl carbamates (subject to hydrolysis) is 1. The molecule has 0 spiro atoms. The second-order valence-corrected chi connectivity index (χ2v) is 6.99. The van der Waals surface area contributed by atoms with Crippen LogP contribution in [0.1, 0.15) is 29.9 Å². The molecule has 0 aliphatic heterocycles. The first kappa shape index (κ1) is 21.1. The Bertz CT molecular complexity index is 911. The number of aliphatic carboxylic acids is 1. The quantitative estimate of drug-likeness (QED) is 0.553. The highest BCUT2D eigenvalue weighted by molar-refractivity contribution is 5.82. The van der Waals surface area contributed by atoms with Crippen molar-refractivity contribution in [2.75, 3.05) is 13.2 Å². The van der Waals surface area contributed by atoms with Gasteiger partial charge in [0.25, 0.3) is 0 Å². The molecule has 1 aliphatic rings. The summed E-state index contributed by atoms with van der Waals surface area (Å²) >= 11 is 0. The zero-order chi connectivity index (χ0) is 21.5. The van der Waals surface area contributed by atoms with E-state index in [1.54, 1.807) is 0 Å². The molecular weight excluding hydrogens is 384 g/mol. The maximum Gasteiger partial charge on any atom is 0.407 e. The normalized spacial score (nSPS) is 12.9. The highest BCUT2D eigenvalue weighted by Gasteiger charge is 2.29. The maximum absolute atomic E-state index is 12.2. The van der Waals surface area contributed by atoms with E-state index in [9.17, 15) is 19.5 Å². The molecule has 2 aromatic rings. The van der Waals surface area contributed by atoms with E-state index in [4.69, 9.17) is 4.74 Å². The fourth-order valence-electron chi connectivity index (χ4n) is 3.59. The predicted molar refractivity (Wildman–Crippen MR) is 112 cm³/mol. The smallest absolute Gasteiger partial charge is 0.407 e. The van der Waals surface area contributed by atoms with Crippen LogP contribution in [0, 0.1) is 0 Å². The number of carbonyl (C=O) groups is 3. The Labute approximate surface area is 174 Å². The van der Waals surface area contributed by atoms with Crippen molar-refractivity contribution < 1.29 is 24.2 Å². The van der Waals surface area contributed by atoms with Crippen molar-refractivity contribution in [2.24, 2.45) is 0 Å². The fourth-order valence-corrected chi connectivity index (χ4v) is 3.59. The van der Waals surface area contributed by atoms with Crippen LogP contribution >= 0.6 is 0 Å². The van der Waals surface area contributed by atoms with Gasteiger partial charge in [-0.3, -0.25) is 4.79 Å². The Morgan fingerprint density at radius 3 is 2.23 bits per heavy atom. The Kier molecular flexibility index (Phi) is 6.85. The van der Waals surface area contributed by atoms with Gasteiger partial charge < -0.3 is 20.5 Å². The standard InChI is InChI=1S/C23H24N2O5/c1-2-13-24-21(26)12-11-20(22(27)28)25-23(29)30-14-19-17-9-5-3-7-15(17)16-8-4-6-10-18(16)19/h2-10,19-20H,1,11-14H2,(H,24,26)(H,25,29)(H,27,28)/t20-/m0/s1. The van der Waals surface area contributed by atoms with Crippen LogP contribution in [0.3, 0.4) is 0 Å². The topological polar surface area (TPSA) is 105 Å². The molecule has 30 heavy (non-hydrogen) atoms. The number of fused-ring (bicyclic) bond motifs is 3. The molecule has 0 radical (unpaired) electrons. The number of carbonyl (C=O) groups excluding carboxylic acids is 2. The summed E-state index contributed by atoms with van der Waals surface area (Å²) in [6.07, 6.45) is 0.633. The fraction of sp³-hybridized carbons (Fsp3) is 0.261. The van der Waals surface area contributed by atoms with Crippen molar-refractivity contribution in [3.63, 3.8) is 0 Å². The Morgan fingerprint density at radius 2 is 1.67 bits per heavy atom. The van der Waals surface area contributed by atoms with Crippen LogP contribution in [0.2, 0.25) is 0 Å². The molecule has 0 unspecified atom stereocenters. The van der Waals surface area contributed by atoms with Gasteiger partial charge >= 0.3 is 12.1 Å². The number of carboxylic acid groups (broad SMARTS) is 1. The summed E-state index contributed by atoms with van der Waals surface area (Å²) in [5.74, 6) is -1.65. The molecule has 3 N–H and O–H groups in total. The summed E-state index contributed by atoms with van der Waals surface area (Å²) in [5.41, 5.74) is 4.35. The molecular formula is C23H24N2O5. The van der Waals surface area contributed by atoms with E-state index in [0.29, 0.717) is 6.54 Å². The van der Waals surface area contributed by atoms with Crippen molar-refractivity contribution in [2.45, 2.75) is 24.8 Å². The van der Waals surface area contributed by atoms with Crippen molar-refractivity contribution >= 4 is 18.0 Å². The number of benzene rings is 2. The molecule has 3 rings (SSSR count). The van der Waals surface area contributed by atoms with Crippen molar-refractivity contribution in [1.29, 1.82) is 0 Å². The lowest BCUT2D eigenvalue weighted by Gasteiger charge is -2.17. The van der Waals surface area contributed by atoms with Gasteiger partial charge in [0.1, 0.15) is 12.6 Å². The summed E-state index contributed by atoms with van der Waals surface area (Å²) in [5, 5.41) is 14.2. The number of carboxylic acids is 1. The average Bonchev–Trinajstić information content (AvgIpc) is 3.07. The third-order valence-corrected chi connectivity index (χ3v) is 5.04. The summed E-state index contributed by atoms with van der Waals surface area (Å²) in [6.45, 7) is 3.89. The van der Waals surface area contributed by atoms with Crippen LogP contribution in [0.4, 0.5) is 4.79 Å². The van der Waals surface area contributed by atoms with Crippen molar-refractivity contribution in [3.8, 4) is 11.1 Å². The van der Waals surface area contributed by atoms with Gasteiger partial charge in [-0.2, -0.15) is 0 Å². The van der Waals surface area contributed by atoms with Crippen molar-refractivity contribution in [3.05, 3.63) is 72.3 Å². The minimum atomic E-state index is -1.22. The Balaban J connectivity index is 1.59. The number of amides is 2. The minimum absolute atomic E-state index is 0.0333. The molecule has 2 amide bonds. The average molecular weight is 408 g/mol. The lowest BCUT2D eigenvalue weighted by molar-refractivity contribution is -0.139. The molecule has 0 saturated heterocycles. The first-order chi connectivity index (χ1) is 14.5. The summed E-state index contributed by atoms with van der Waals surface area (Å²) in [7, 11) is 0. The van der Waals surface area contributed by atoms with Gasteiger partial charge in [0, 0.05) is 18.9 Å². The van der Waals surface area contributed by atoms with Crippen LogP contribution in [0.25, 0.3) is 11.1 Å². The van der Waals surface area contributed by atoms with E-state index in [0.717, 1.165) is 22.3 Å². The Hall–Kier alpha value is -3.61.